The van der Waals surface area contributed by atoms with Crippen LogP contribution in [-0.4, -0.2) is 16.5 Å². The molecule has 2 aromatic carbocycles. The van der Waals surface area contributed by atoms with E-state index in [1.807, 2.05) is 18.2 Å². The Morgan fingerprint density at radius 2 is 1.91 bits per heavy atom. The van der Waals surface area contributed by atoms with Crippen LogP contribution in [0.5, 0.6) is 0 Å². The van der Waals surface area contributed by atoms with Gasteiger partial charge in [-0.15, -0.1) is 0 Å². The normalized spacial score (nSPS) is 14.4. The molecule has 1 aliphatic rings. The molecule has 5 nitrogen and oxygen atoms in total. The number of fused-ring (bicyclic) bond motifs is 2. The zero-order valence-corrected chi connectivity index (χ0v) is 12.8. The van der Waals surface area contributed by atoms with E-state index in [9.17, 15) is 0 Å². The van der Waals surface area contributed by atoms with Crippen molar-refractivity contribution in [2.45, 2.75) is 19.4 Å². The van der Waals surface area contributed by atoms with Gasteiger partial charge in [-0.2, -0.15) is 0 Å². The zero-order valence-electron chi connectivity index (χ0n) is 12.8. The van der Waals surface area contributed by atoms with Gasteiger partial charge >= 0.3 is 0 Å². The van der Waals surface area contributed by atoms with Crippen molar-refractivity contribution in [3.8, 4) is 11.3 Å². The second-order valence-corrected chi connectivity index (χ2v) is 5.94. The van der Waals surface area contributed by atoms with Gasteiger partial charge in [0.2, 0.25) is 5.95 Å². The van der Waals surface area contributed by atoms with E-state index >= 15 is 0 Å². The third-order valence-corrected chi connectivity index (χ3v) is 4.37. The first-order valence-corrected chi connectivity index (χ1v) is 7.87. The molecule has 0 aliphatic carbocycles. The Kier molecular flexibility index (Phi) is 3.35. The van der Waals surface area contributed by atoms with E-state index in [4.69, 9.17) is 11.5 Å². The van der Waals surface area contributed by atoms with E-state index in [1.54, 1.807) is 0 Å². The lowest BCUT2D eigenvalue weighted by molar-refractivity contribution is 0.681. The van der Waals surface area contributed by atoms with Crippen molar-refractivity contribution in [1.82, 2.24) is 15.3 Å². The molecule has 23 heavy (non-hydrogen) atoms. The van der Waals surface area contributed by atoms with Crippen LogP contribution < -0.4 is 16.8 Å². The van der Waals surface area contributed by atoms with Crippen LogP contribution in [0.4, 0.5) is 11.6 Å². The molecule has 0 saturated carbocycles. The molecule has 0 amide bonds. The number of nitrogens with two attached hydrogens (primary N) is 2. The van der Waals surface area contributed by atoms with Crippen molar-refractivity contribution in [3.63, 3.8) is 0 Å². The Labute approximate surface area is 134 Å². The summed E-state index contributed by atoms with van der Waals surface area (Å²) in [6.45, 7) is 1.94. The molecule has 1 aromatic heterocycles. The molecule has 5 heteroatoms. The van der Waals surface area contributed by atoms with Crippen molar-refractivity contribution in [2.24, 2.45) is 0 Å². The number of nitrogens with zero attached hydrogens (tertiary/aromatic N) is 2. The third-order valence-electron chi connectivity index (χ3n) is 4.37. The Balaban J connectivity index is 1.94. The van der Waals surface area contributed by atoms with Gasteiger partial charge in [-0.05, 0) is 48.7 Å². The average Bonchev–Trinajstić information content (AvgIpc) is 2.78. The summed E-state index contributed by atoms with van der Waals surface area (Å²) in [7, 11) is 0. The van der Waals surface area contributed by atoms with Gasteiger partial charge in [-0.25, -0.2) is 9.97 Å². The molecule has 3 aromatic rings. The van der Waals surface area contributed by atoms with Crippen LogP contribution in [0, 0.1) is 0 Å². The Morgan fingerprint density at radius 3 is 2.83 bits per heavy atom. The standard InChI is InChI=1S/C18H19N5/c19-14-4-1-5-15-16(14)17(23-18(20)22-15)12-7-6-11-3-2-8-21-10-13(11)9-12/h1,4-7,9,21H,2-3,8,10,19H2,(H2,20,22,23). The van der Waals surface area contributed by atoms with Gasteiger partial charge in [0.05, 0.1) is 11.2 Å². The number of aromatic nitrogens is 2. The molecule has 4 rings (SSSR count). The van der Waals surface area contributed by atoms with Gasteiger partial charge in [0, 0.05) is 23.2 Å². The summed E-state index contributed by atoms with van der Waals surface area (Å²) in [6.07, 6.45) is 2.28. The van der Waals surface area contributed by atoms with Crippen molar-refractivity contribution in [2.75, 3.05) is 18.0 Å². The van der Waals surface area contributed by atoms with Crippen LogP contribution in [-0.2, 0) is 13.0 Å². The minimum atomic E-state index is 0.270. The van der Waals surface area contributed by atoms with Crippen LogP contribution in [0.2, 0.25) is 0 Å². The molecule has 5 N–H and O–H groups in total. The van der Waals surface area contributed by atoms with E-state index in [0.717, 1.165) is 41.7 Å². The predicted molar refractivity (Wildman–Crippen MR) is 93.8 cm³/mol. The molecule has 0 bridgehead atoms. The maximum absolute atomic E-state index is 6.17. The molecule has 1 aliphatic heterocycles. The minimum absolute atomic E-state index is 0.270. The third kappa shape index (κ3) is 2.49. The first-order valence-electron chi connectivity index (χ1n) is 7.87. The number of nitrogens with one attached hydrogen (secondary N) is 1. The smallest absolute Gasteiger partial charge is 0.221 e. The molecular weight excluding hydrogens is 286 g/mol. The number of hydrogen-bond acceptors (Lipinski definition) is 5. The number of anilines is 2. The molecule has 0 saturated heterocycles. The number of rotatable bonds is 1. The Hall–Kier alpha value is -2.66. The zero-order chi connectivity index (χ0) is 15.8. The summed E-state index contributed by atoms with van der Waals surface area (Å²) < 4.78 is 0. The predicted octanol–water partition coefficient (Wildman–Crippen LogP) is 2.50. The molecular formula is C18H19N5. The highest BCUT2D eigenvalue weighted by Crippen LogP contribution is 2.32. The fraction of sp³-hybridized carbons (Fsp3) is 0.222. The van der Waals surface area contributed by atoms with Gasteiger partial charge in [0.25, 0.3) is 0 Å². The van der Waals surface area contributed by atoms with E-state index in [-0.39, 0.29) is 5.95 Å². The number of nitrogen functional groups attached to an aromatic ring is 2. The van der Waals surface area contributed by atoms with Crippen LogP contribution in [0.25, 0.3) is 22.2 Å². The van der Waals surface area contributed by atoms with Crippen molar-refractivity contribution in [3.05, 3.63) is 47.5 Å². The summed E-state index contributed by atoms with van der Waals surface area (Å²) in [5.74, 6) is 0.270. The first-order chi connectivity index (χ1) is 11.2. The number of hydrogen-bond donors (Lipinski definition) is 3. The fourth-order valence-electron chi connectivity index (χ4n) is 3.24. The molecule has 2 heterocycles. The molecule has 0 radical (unpaired) electrons. The summed E-state index contributed by atoms with van der Waals surface area (Å²) >= 11 is 0. The summed E-state index contributed by atoms with van der Waals surface area (Å²) in [5.41, 5.74) is 18.1. The Morgan fingerprint density at radius 1 is 1.00 bits per heavy atom. The highest BCUT2D eigenvalue weighted by atomic mass is 15.0. The van der Waals surface area contributed by atoms with E-state index in [2.05, 4.69) is 33.5 Å². The minimum Gasteiger partial charge on any atom is -0.398 e. The van der Waals surface area contributed by atoms with Gasteiger partial charge in [-0.1, -0.05) is 18.2 Å². The lowest BCUT2D eigenvalue weighted by Gasteiger charge is -2.12. The second kappa shape index (κ2) is 5.52. The monoisotopic (exact) mass is 305 g/mol. The van der Waals surface area contributed by atoms with E-state index in [0.29, 0.717) is 5.69 Å². The van der Waals surface area contributed by atoms with Crippen molar-refractivity contribution in [1.29, 1.82) is 0 Å². The van der Waals surface area contributed by atoms with Gasteiger partial charge in [0.1, 0.15) is 0 Å². The summed E-state index contributed by atoms with van der Waals surface area (Å²) in [6, 6.07) is 12.2. The summed E-state index contributed by atoms with van der Waals surface area (Å²) in [4.78, 5) is 8.77. The number of benzene rings is 2. The quantitative estimate of drug-likeness (QED) is 0.601. The van der Waals surface area contributed by atoms with Gasteiger partial charge in [0.15, 0.2) is 0 Å². The maximum Gasteiger partial charge on any atom is 0.221 e. The highest BCUT2D eigenvalue weighted by molar-refractivity contribution is 6.01. The van der Waals surface area contributed by atoms with Crippen molar-refractivity contribution < 1.29 is 0 Å². The van der Waals surface area contributed by atoms with Crippen LogP contribution in [0.15, 0.2) is 36.4 Å². The van der Waals surface area contributed by atoms with Crippen LogP contribution in [0.3, 0.4) is 0 Å². The average molecular weight is 305 g/mol. The lowest BCUT2D eigenvalue weighted by atomic mass is 9.98. The largest absolute Gasteiger partial charge is 0.398 e. The first kappa shape index (κ1) is 14.0. The van der Waals surface area contributed by atoms with Gasteiger partial charge in [-0.3, -0.25) is 0 Å². The maximum atomic E-state index is 6.17. The molecule has 0 fully saturated rings. The van der Waals surface area contributed by atoms with Crippen molar-refractivity contribution >= 4 is 22.5 Å². The molecule has 0 atom stereocenters. The summed E-state index contributed by atoms with van der Waals surface area (Å²) in [5, 5.41) is 4.32. The lowest BCUT2D eigenvalue weighted by Crippen LogP contribution is -2.12. The van der Waals surface area contributed by atoms with E-state index in [1.165, 1.54) is 17.5 Å². The second-order valence-electron chi connectivity index (χ2n) is 5.94. The molecule has 116 valence electrons. The molecule has 0 spiro atoms. The fourth-order valence-corrected chi connectivity index (χ4v) is 3.24. The highest BCUT2D eigenvalue weighted by Gasteiger charge is 2.14. The molecule has 0 unspecified atom stereocenters. The van der Waals surface area contributed by atoms with Crippen LogP contribution >= 0.6 is 0 Å². The van der Waals surface area contributed by atoms with Crippen LogP contribution in [0.1, 0.15) is 17.5 Å². The topological polar surface area (TPSA) is 89.8 Å². The Bertz CT molecular complexity index is 888. The van der Waals surface area contributed by atoms with Gasteiger partial charge < -0.3 is 16.8 Å². The number of aryl methyl sites for hydroxylation is 1. The van der Waals surface area contributed by atoms with E-state index < -0.39 is 0 Å². The SMILES string of the molecule is Nc1nc(-c2ccc3c(c2)CNCCC3)c2c(N)cccc2n1.